The lowest BCUT2D eigenvalue weighted by Crippen LogP contribution is -2.28. The first-order chi connectivity index (χ1) is 11.0. The molecule has 0 unspecified atom stereocenters. The maximum atomic E-state index is 12.2. The Morgan fingerprint density at radius 3 is 2.61 bits per heavy atom. The Morgan fingerprint density at radius 1 is 1.30 bits per heavy atom. The number of carbonyl (C=O) groups is 1. The van der Waals surface area contributed by atoms with Crippen LogP contribution in [0.1, 0.15) is 40.4 Å². The summed E-state index contributed by atoms with van der Waals surface area (Å²) in [6.45, 7) is 11.2. The van der Waals surface area contributed by atoms with E-state index in [1.807, 2.05) is 58.9 Å². The Hall–Kier alpha value is -2.23. The van der Waals surface area contributed by atoms with Gasteiger partial charge < -0.3 is 14.1 Å². The summed E-state index contributed by atoms with van der Waals surface area (Å²) in [5.74, 6) is 1.43. The van der Waals surface area contributed by atoms with Gasteiger partial charge in [-0.3, -0.25) is 4.79 Å². The normalized spacial score (nSPS) is 12.0. The largest absolute Gasteiger partial charge is 0.487 e. The Kier molecular flexibility index (Phi) is 5.48. The first kappa shape index (κ1) is 17.1. The summed E-state index contributed by atoms with van der Waals surface area (Å²) in [6.07, 6.45) is 1.71. The zero-order chi connectivity index (χ0) is 17.0. The molecule has 0 saturated carbocycles. The van der Waals surface area contributed by atoms with Crippen molar-refractivity contribution in [3.8, 4) is 5.75 Å². The molecule has 0 N–H and O–H groups in total. The number of carbonyl (C=O) groups excluding carboxylic acids is 1. The van der Waals surface area contributed by atoms with Crippen LogP contribution >= 0.6 is 0 Å². The smallest absolute Gasteiger partial charge is 0.246 e. The third-order valence-electron chi connectivity index (χ3n) is 3.67. The molecule has 0 radical (unpaired) electrons. The van der Waals surface area contributed by atoms with Gasteiger partial charge in [0, 0.05) is 24.6 Å². The summed E-state index contributed by atoms with van der Waals surface area (Å²) >= 11 is 0. The first-order valence-corrected chi connectivity index (χ1v) is 8.13. The van der Waals surface area contributed by atoms with Crippen molar-refractivity contribution >= 4 is 22.4 Å². The molecule has 23 heavy (non-hydrogen) atoms. The number of rotatable bonds is 6. The second-order valence-electron chi connectivity index (χ2n) is 5.79. The van der Waals surface area contributed by atoms with Crippen molar-refractivity contribution in [1.82, 2.24) is 4.90 Å². The maximum Gasteiger partial charge on any atom is 0.246 e. The molecule has 2 aromatic rings. The van der Waals surface area contributed by atoms with Crippen LogP contribution in [0.15, 0.2) is 34.8 Å². The number of ether oxygens (including phenoxy) is 1. The van der Waals surface area contributed by atoms with E-state index >= 15 is 0 Å². The number of furan rings is 1. The van der Waals surface area contributed by atoms with E-state index in [-0.39, 0.29) is 12.0 Å². The first-order valence-electron chi connectivity index (χ1n) is 8.13. The number of nitrogens with zero attached hydrogens (tertiary/aromatic N) is 1. The number of fused-ring (bicyclic) bond motifs is 1. The molecular formula is C19H25NO3. The highest BCUT2D eigenvalue weighted by molar-refractivity contribution is 5.95. The number of amides is 1. The van der Waals surface area contributed by atoms with Crippen molar-refractivity contribution in [2.45, 2.75) is 40.7 Å². The Morgan fingerprint density at radius 2 is 2.00 bits per heavy atom. The van der Waals surface area contributed by atoms with Crippen molar-refractivity contribution in [2.24, 2.45) is 0 Å². The van der Waals surface area contributed by atoms with E-state index in [1.165, 1.54) is 0 Å². The standard InChI is InChI=1S/C19H25NO3/c1-6-20(7-2)18(21)11-14(5)17-12-15-9-8-10-16(19(15)23-17)22-13(3)4/h8-13H,6-7H2,1-5H3/b14-11+. The molecule has 1 heterocycles. The average Bonchev–Trinajstić information content (AvgIpc) is 2.93. The van der Waals surface area contributed by atoms with Gasteiger partial charge in [-0.05, 0) is 52.3 Å². The van der Waals surface area contributed by atoms with Crippen LogP contribution in [-0.4, -0.2) is 30.0 Å². The van der Waals surface area contributed by atoms with Crippen molar-refractivity contribution in [1.29, 1.82) is 0 Å². The molecule has 0 atom stereocenters. The molecule has 0 aliphatic carbocycles. The van der Waals surface area contributed by atoms with E-state index in [9.17, 15) is 4.79 Å². The van der Waals surface area contributed by atoms with E-state index in [0.717, 1.165) is 22.3 Å². The highest BCUT2D eigenvalue weighted by atomic mass is 16.5. The van der Waals surface area contributed by atoms with Crippen LogP contribution in [0.3, 0.4) is 0 Å². The van der Waals surface area contributed by atoms with E-state index in [1.54, 1.807) is 11.0 Å². The number of allylic oxidation sites excluding steroid dienone is 1. The third kappa shape index (κ3) is 3.95. The van der Waals surface area contributed by atoms with Gasteiger partial charge in [-0.2, -0.15) is 0 Å². The molecule has 0 aliphatic heterocycles. The number of para-hydroxylation sites is 1. The van der Waals surface area contributed by atoms with Gasteiger partial charge in [0.1, 0.15) is 5.76 Å². The third-order valence-corrected chi connectivity index (χ3v) is 3.67. The van der Waals surface area contributed by atoms with Gasteiger partial charge in [-0.15, -0.1) is 0 Å². The van der Waals surface area contributed by atoms with Gasteiger partial charge in [0.25, 0.3) is 0 Å². The minimum atomic E-state index is 0.00612. The van der Waals surface area contributed by atoms with Crippen molar-refractivity contribution in [3.05, 3.63) is 36.1 Å². The molecule has 124 valence electrons. The lowest BCUT2D eigenvalue weighted by atomic mass is 10.2. The van der Waals surface area contributed by atoms with E-state index in [2.05, 4.69) is 0 Å². The molecule has 0 bridgehead atoms. The van der Waals surface area contributed by atoms with Gasteiger partial charge in [-0.25, -0.2) is 0 Å². The second kappa shape index (κ2) is 7.36. The van der Waals surface area contributed by atoms with Crippen LogP contribution in [0.25, 0.3) is 16.5 Å². The predicted molar refractivity (Wildman–Crippen MR) is 93.6 cm³/mol. The predicted octanol–water partition coefficient (Wildman–Crippen LogP) is 4.49. The Balaban J connectivity index is 2.35. The van der Waals surface area contributed by atoms with Gasteiger partial charge in [-0.1, -0.05) is 12.1 Å². The van der Waals surface area contributed by atoms with Crippen LogP contribution in [0.5, 0.6) is 5.75 Å². The molecule has 0 saturated heterocycles. The molecule has 1 amide bonds. The zero-order valence-corrected chi connectivity index (χ0v) is 14.6. The van der Waals surface area contributed by atoms with E-state index in [0.29, 0.717) is 18.8 Å². The van der Waals surface area contributed by atoms with E-state index in [4.69, 9.17) is 9.15 Å². The lowest BCUT2D eigenvalue weighted by molar-refractivity contribution is -0.125. The van der Waals surface area contributed by atoms with Crippen molar-refractivity contribution < 1.29 is 13.9 Å². The number of hydrogen-bond acceptors (Lipinski definition) is 3. The SMILES string of the molecule is CCN(CC)C(=O)/C=C(\C)c1cc2cccc(OC(C)C)c2o1. The molecule has 0 spiro atoms. The van der Waals surface area contributed by atoms with Crippen molar-refractivity contribution in [3.63, 3.8) is 0 Å². The fraction of sp³-hybridized carbons (Fsp3) is 0.421. The average molecular weight is 315 g/mol. The fourth-order valence-electron chi connectivity index (χ4n) is 2.46. The van der Waals surface area contributed by atoms with Crippen LogP contribution in [0, 0.1) is 0 Å². The van der Waals surface area contributed by atoms with Gasteiger partial charge in [0.15, 0.2) is 11.3 Å². The number of likely N-dealkylation sites (N-methyl/N-ethyl adjacent to an activating group) is 1. The molecule has 2 rings (SSSR count). The van der Waals surface area contributed by atoms with Crippen LogP contribution in [-0.2, 0) is 4.79 Å². The summed E-state index contributed by atoms with van der Waals surface area (Å²) in [7, 11) is 0. The molecular weight excluding hydrogens is 290 g/mol. The summed E-state index contributed by atoms with van der Waals surface area (Å²) in [5.41, 5.74) is 1.54. The fourth-order valence-corrected chi connectivity index (χ4v) is 2.46. The molecule has 0 fully saturated rings. The summed E-state index contributed by atoms with van der Waals surface area (Å²) in [5, 5.41) is 0.973. The minimum Gasteiger partial charge on any atom is -0.487 e. The van der Waals surface area contributed by atoms with Gasteiger partial charge in [0.2, 0.25) is 5.91 Å². The highest BCUT2D eigenvalue weighted by Crippen LogP contribution is 2.32. The van der Waals surface area contributed by atoms with Crippen LogP contribution in [0.4, 0.5) is 0 Å². The lowest BCUT2D eigenvalue weighted by Gasteiger charge is -2.16. The zero-order valence-electron chi connectivity index (χ0n) is 14.6. The monoisotopic (exact) mass is 315 g/mol. The summed E-state index contributed by atoms with van der Waals surface area (Å²) in [6, 6.07) is 7.77. The molecule has 4 nitrogen and oxygen atoms in total. The van der Waals surface area contributed by atoms with Crippen LogP contribution < -0.4 is 4.74 Å². The minimum absolute atomic E-state index is 0.00612. The quantitative estimate of drug-likeness (QED) is 0.738. The molecule has 1 aromatic heterocycles. The Labute approximate surface area is 137 Å². The van der Waals surface area contributed by atoms with Gasteiger partial charge in [0.05, 0.1) is 6.10 Å². The van der Waals surface area contributed by atoms with E-state index < -0.39 is 0 Å². The second-order valence-corrected chi connectivity index (χ2v) is 5.79. The van der Waals surface area contributed by atoms with Crippen LogP contribution in [0.2, 0.25) is 0 Å². The summed E-state index contributed by atoms with van der Waals surface area (Å²) < 4.78 is 11.7. The number of hydrogen-bond donors (Lipinski definition) is 0. The Bertz CT molecular complexity index is 708. The molecule has 1 aromatic carbocycles. The molecule has 4 heteroatoms. The van der Waals surface area contributed by atoms with Gasteiger partial charge >= 0.3 is 0 Å². The topological polar surface area (TPSA) is 42.7 Å². The van der Waals surface area contributed by atoms with Crippen molar-refractivity contribution in [2.75, 3.05) is 13.1 Å². The highest BCUT2D eigenvalue weighted by Gasteiger charge is 2.13. The number of benzene rings is 1. The summed E-state index contributed by atoms with van der Waals surface area (Å²) in [4.78, 5) is 14.0. The molecule has 0 aliphatic rings. The maximum absolute atomic E-state index is 12.2.